The molecule has 0 spiro atoms. The van der Waals surface area contributed by atoms with E-state index in [1.54, 1.807) is 25.3 Å². The highest BCUT2D eigenvalue weighted by Crippen LogP contribution is 2.18. The first kappa shape index (κ1) is 13.8. The van der Waals surface area contributed by atoms with Crippen LogP contribution in [0.4, 0.5) is 5.69 Å². The lowest BCUT2D eigenvalue weighted by Gasteiger charge is -2.25. The van der Waals surface area contributed by atoms with Crippen molar-refractivity contribution in [3.8, 4) is 0 Å². The van der Waals surface area contributed by atoms with E-state index < -0.39 is 5.54 Å². The molecular weight excluding hydrogens is 240 g/mol. The number of nitrogens with two attached hydrogens (primary N) is 1. The van der Waals surface area contributed by atoms with Gasteiger partial charge in [-0.1, -0.05) is 11.6 Å². The van der Waals surface area contributed by atoms with Crippen LogP contribution in [0.1, 0.15) is 24.2 Å². The Kier molecular flexibility index (Phi) is 4.37. The molecule has 4 nitrogen and oxygen atoms in total. The number of methoxy groups -OCH3 is 1. The summed E-state index contributed by atoms with van der Waals surface area (Å²) in [5.74, 6) is -0.257. The lowest BCUT2D eigenvalue weighted by molar-refractivity contribution is 0.0821. The highest BCUT2D eigenvalue weighted by atomic mass is 35.5. The van der Waals surface area contributed by atoms with Gasteiger partial charge in [0.1, 0.15) is 0 Å². The molecule has 1 amide bonds. The van der Waals surface area contributed by atoms with Crippen LogP contribution >= 0.6 is 11.6 Å². The molecule has 0 aliphatic rings. The van der Waals surface area contributed by atoms with Crippen LogP contribution < -0.4 is 11.1 Å². The topological polar surface area (TPSA) is 64.3 Å². The number of ether oxygens (including phenoxy) is 1. The molecule has 0 saturated heterocycles. The van der Waals surface area contributed by atoms with Gasteiger partial charge >= 0.3 is 0 Å². The van der Waals surface area contributed by atoms with Crippen LogP contribution in [0.5, 0.6) is 0 Å². The minimum atomic E-state index is -0.458. The Labute approximate surface area is 106 Å². The van der Waals surface area contributed by atoms with Crippen molar-refractivity contribution in [1.29, 1.82) is 0 Å². The van der Waals surface area contributed by atoms with Crippen molar-refractivity contribution in [2.75, 3.05) is 19.5 Å². The number of carbonyl (C=O) groups is 1. The Morgan fingerprint density at radius 2 is 2.18 bits per heavy atom. The molecule has 0 atom stereocenters. The molecule has 3 N–H and O–H groups in total. The Morgan fingerprint density at radius 1 is 1.53 bits per heavy atom. The third kappa shape index (κ3) is 3.91. The highest BCUT2D eigenvalue weighted by Gasteiger charge is 2.22. The van der Waals surface area contributed by atoms with Gasteiger partial charge in [-0.25, -0.2) is 0 Å². The summed E-state index contributed by atoms with van der Waals surface area (Å²) < 4.78 is 5.03. The first-order valence-electron chi connectivity index (χ1n) is 5.22. The summed E-state index contributed by atoms with van der Waals surface area (Å²) >= 11 is 5.83. The third-order valence-corrected chi connectivity index (χ3v) is 2.45. The summed E-state index contributed by atoms with van der Waals surface area (Å²) in [7, 11) is 1.58. The summed E-state index contributed by atoms with van der Waals surface area (Å²) in [6, 6.07) is 4.81. The maximum atomic E-state index is 12.0. The first-order chi connectivity index (χ1) is 7.85. The number of nitrogens with one attached hydrogen (secondary N) is 1. The van der Waals surface area contributed by atoms with Crippen LogP contribution in [0.25, 0.3) is 0 Å². The number of hydrogen-bond donors (Lipinski definition) is 2. The molecule has 0 bridgehead atoms. The highest BCUT2D eigenvalue weighted by molar-refractivity contribution is 6.31. The van der Waals surface area contributed by atoms with Gasteiger partial charge < -0.3 is 15.8 Å². The van der Waals surface area contributed by atoms with Gasteiger partial charge in [0.15, 0.2) is 0 Å². The SMILES string of the molecule is COCC(C)(C)NC(=O)c1cc(Cl)ccc1N. The summed E-state index contributed by atoms with van der Waals surface area (Å²) in [6.45, 7) is 4.16. The van der Waals surface area contributed by atoms with Crippen LogP contribution in [-0.2, 0) is 4.74 Å². The van der Waals surface area contributed by atoms with E-state index in [0.29, 0.717) is 22.9 Å². The molecule has 0 fully saturated rings. The molecule has 1 aromatic rings. The second kappa shape index (κ2) is 5.38. The summed E-state index contributed by atoms with van der Waals surface area (Å²) in [4.78, 5) is 12.0. The molecule has 0 saturated carbocycles. The minimum Gasteiger partial charge on any atom is -0.398 e. The summed E-state index contributed by atoms with van der Waals surface area (Å²) in [5, 5.41) is 3.32. The number of benzene rings is 1. The minimum absolute atomic E-state index is 0.257. The summed E-state index contributed by atoms with van der Waals surface area (Å²) in [6.07, 6.45) is 0. The van der Waals surface area contributed by atoms with Crippen LogP contribution in [-0.4, -0.2) is 25.2 Å². The lowest BCUT2D eigenvalue weighted by Crippen LogP contribution is -2.46. The molecule has 94 valence electrons. The van der Waals surface area contributed by atoms with E-state index in [9.17, 15) is 4.79 Å². The second-order valence-electron chi connectivity index (χ2n) is 4.50. The number of nitrogen functional groups attached to an aromatic ring is 1. The fraction of sp³-hybridized carbons (Fsp3) is 0.417. The van der Waals surface area contributed by atoms with Crippen LogP contribution in [0, 0.1) is 0 Å². The lowest BCUT2D eigenvalue weighted by atomic mass is 10.1. The van der Waals surface area contributed by atoms with E-state index in [0.717, 1.165) is 0 Å². The second-order valence-corrected chi connectivity index (χ2v) is 4.94. The van der Waals surface area contributed by atoms with Crippen molar-refractivity contribution in [2.24, 2.45) is 0 Å². The van der Waals surface area contributed by atoms with E-state index in [4.69, 9.17) is 22.1 Å². The zero-order valence-electron chi connectivity index (χ0n) is 10.2. The Morgan fingerprint density at radius 3 is 2.76 bits per heavy atom. The van der Waals surface area contributed by atoms with Crippen molar-refractivity contribution in [1.82, 2.24) is 5.32 Å². The first-order valence-corrected chi connectivity index (χ1v) is 5.60. The molecule has 1 aromatic carbocycles. The number of hydrogen-bond acceptors (Lipinski definition) is 3. The predicted molar refractivity (Wildman–Crippen MR) is 69.3 cm³/mol. The van der Waals surface area contributed by atoms with E-state index in [1.165, 1.54) is 0 Å². The van der Waals surface area contributed by atoms with Crippen LogP contribution in [0.2, 0.25) is 5.02 Å². The summed E-state index contributed by atoms with van der Waals surface area (Å²) in [5.41, 5.74) is 6.05. The van der Waals surface area contributed by atoms with E-state index >= 15 is 0 Å². The van der Waals surface area contributed by atoms with Gasteiger partial charge in [0.2, 0.25) is 0 Å². The molecule has 0 heterocycles. The third-order valence-electron chi connectivity index (χ3n) is 2.22. The molecule has 5 heteroatoms. The molecule has 0 aliphatic heterocycles. The molecule has 0 radical (unpaired) electrons. The molecule has 0 aromatic heterocycles. The van der Waals surface area contributed by atoms with Gasteiger partial charge in [-0.05, 0) is 32.0 Å². The van der Waals surface area contributed by atoms with Gasteiger partial charge in [-0.2, -0.15) is 0 Å². The molecular formula is C12H17ClN2O2. The van der Waals surface area contributed by atoms with E-state index in [-0.39, 0.29) is 5.91 Å². The van der Waals surface area contributed by atoms with Gasteiger partial charge in [0.25, 0.3) is 5.91 Å². The van der Waals surface area contributed by atoms with Crippen LogP contribution in [0.3, 0.4) is 0 Å². The number of rotatable bonds is 4. The Bertz CT molecular complexity index is 419. The molecule has 0 unspecified atom stereocenters. The van der Waals surface area contributed by atoms with Crippen molar-refractivity contribution in [3.05, 3.63) is 28.8 Å². The van der Waals surface area contributed by atoms with Crippen molar-refractivity contribution >= 4 is 23.2 Å². The number of amides is 1. The van der Waals surface area contributed by atoms with Gasteiger partial charge in [0.05, 0.1) is 17.7 Å². The van der Waals surface area contributed by atoms with Crippen molar-refractivity contribution in [3.63, 3.8) is 0 Å². The predicted octanol–water partition coefficient (Wildman–Crippen LogP) is 2.08. The number of halogens is 1. The maximum absolute atomic E-state index is 12.0. The van der Waals surface area contributed by atoms with E-state index in [2.05, 4.69) is 5.32 Å². The maximum Gasteiger partial charge on any atom is 0.253 e. The van der Waals surface area contributed by atoms with Crippen molar-refractivity contribution in [2.45, 2.75) is 19.4 Å². The molecule has 0 aliphatic carbocycles. The molecule has 17 heavy (non-hydrogen) atoms. The van der Waals surface area contributed by atoms with E-state index in [1.807, 2.05) is 13.8 Å². The Hall–Kier alpha value is -1.26. The average Bonchev–Trinajstić information content (AvgIpc) is 2.20. The number of carbonyl (C=O) groups excluding carboxylic acids is 1. The monoisotopic (exact) mass is 256 g/mol. The standard InChI is InChI=1S/C12H17ClN2O2/c1-12(2,7-17-3)15-11(16)9-6-8(13)4-5-10(9)14/h4-6H,7,14H2,1-3H3,(H,15,16). The molecule has 1 rings (SSSR count). The zero-order chi connectivity index (χ0) is 13.1. The average molecular weight is 257 g/mol. The zero-order valence-corrected chi connectivity index (χ0v) is 11.0. The largest absolute Gasteiger partial charge is 0.398 e. The van der Waals surface area contributed by atoms with Crippen LogP contribution in [0.15, 0.2) is 18.2 Å². The fourth-order valence-electron chi connectivity index (χ4n) is 1.50. The van der Waals surface area contributed by atoms with Gasteiger partial charge in [0, 0.05) is 17.8 Å². The number of anilines is 1. The Balaban J connectivity index is 2.86. The van der Waals surface area contributed by atoms with Gasteiger partial charge in [-0.15, -0.1) is 0 Å². The quantitative estimate of drug-likeness (QED) is 0.811. The normalized spacial score (nSPS) is 11.3. The smallest absolute Gasteiger partial charge is 0.253 e. The van der Waals surface area contributed by atoms with Gasteiger partial charge in [-0.3, -0.25) is 4.79 Å². The van der Waals surface area contributed by atoms with Crippen molar-refractivity contribution < 1.29 is 9.53 Å². The fourth-order valence-corrected chi connectivity index (χ4v) is 1.67.